The second-order valence-corrected chi connectivity index (χ2v) is 11.8. The summed E-state index contributed by atoms with van der Waals surface area (Å²) in [6, 6.07) is 12.5. The van der Waals surface area contributed by atoms with Crippen LogP contribution in [0.4, 0.5) is 5.95 Å². The van der Waals surface area contributed by atoms with Gasteiger partial charge in [0.05, 0.1) is 29.6 Å². The van der Waals surface area contributed by atoms with Gasteiger partial charge in [0, 0.05) is 31.1 Å². The summed E-state index contributed by atoms with van der Waals surface area (Å²) in [6.45, 7) is 10.2. The molecule has 1 atom stereocenters. The van der Waals surface area contributed by atoms with Crippen molar-refractivity contribution in [1.82, 2.24) is 15.3 Å². The number of hydrogen-bond donors (Lipinski definition) is 1. The normalized spacial score (nSPS) is 15.4. The lowest BCUT2D eigenvalue weighted by Gasteiger charge is -2.37. The molecule has 37 heavy (non-hydrogen) atoms. The highest BCUT2D eigenvalue weighted by molar-refractivity contribution is 7.91. The van der Waals surface area contributed by atoms with Gasteiger partial charge < -0.3 is 15.0 Å². The van der Waals surface area contributed by atoms with Crippen LogP contribution in [0.5, 0.6) is 5.75 Å². The summed E-state index contributed by atoms with van der Waals surface area (Å²) >= 11 is 0. The van der Waals surface area contributed by atoms with E-state index < -0.39 is 9.84 Å². The number of aromatic nitrogens is 2. The van der Waals surface area contributed by atoms with E-state index in [1.807, 2.05) is 19.1 Å². The number of nitrogens with zero attached hydrogens (tertiary/aromatic N) is 3. The molecule has 0 bridgehead atoms. The smallest absolute Gasteiger partial charge is 0.251 e. The molecule has 1 N–H and O–H groups in total. The number of ether oxygens (including phenoxy) is 1. The highest BCUT2D eigenvalue weighted by Crippen LogP contribution is 2.35. The first-order valence-electron chi connectivity index (χ1n) is 12.6. The topological polar surface area (TPSA) is 101 Å². The quantitative estimate of drug-likeness (QED) is 0.446. The highest BCUT2D eigenvalue weighted by Gasteiger charge is 2.29. The van der Waals surface area contributed by atoms with Gasteiger partial charge in [0.25, 0.3) is 5.91 Å². The zero-order valence-corrected chi connectivity index (χ0v) is 22.6. The van der Waals surface area contributed by atoms with Gasteiger partial charge in [0.2, 0.25) is 5.95 Å². The number of rotatable bonds is 9. The maximum absolute atomic E-state index is 13.0. The predicted octanol–water partition coefficient (Wildman–Crippen LogP) is 4.36. The van der Waals surface area contributed by atoms with E-state index in [1.54, 1.807) is 43.6 Å². The van der Waals surface area contributed by atoms with Crippen LogP contribution in [0, 0.1) is 5.92 Å². The fourth-order valence-electron chi connectivity index (χ4n) is 4.55. The maximum atomic E-state index is 13.0. The minimum absolute atomic E-state index is 0.0568. The van der Waals surface area contributed by atoms with Crippen molar-refractivity contribution in [1.29, 1.82) is 0 Å². The van der Waals surface area contributed by atoms with Crippen LogP contribution in [0.1, 0.15) is 60.7 Å². The van der Waals surface area contributed by atoms with Crippen LogP contribution >= 0.6 is 0 Å². The largest absolute Gasteiger partial charge is 0.491 e. The zero-order valence-electron chi connectivity index (χ0n) is 21.8. The fourth-order valence-corrected chi connectivity index (χ4v) is 5.44. The maximum Gasteiger partial charge on any atom is 0.251 e. The van der Waals surface area contributed by atoms with Crippen molar-refractivity contribution in [2.45, 2.75) is 51.6 Å². The van der Waals surface area contributed by atoms with Gasteiger partial charge in [-0.15, -0.1) is 0 Å². The summed E-state index contributed by atoms with van der Waals surface area (Å²) in [6.07, 6.45) is 3.39. The molecule has 2 heterocycles. The number of benzene rings is 2. The lowest BCUT2D eigenvalue weighted by molar-refractivity contribution is 0.0950. The van der Waals surface area contributed by atoms with Gasteiger partial charge in [-0.05, 0) is 53.8 Å². The number of hydrogen-bond acceptors (Lipinski definition) is 7. The molecule has 0 unspecified atom stereocenters. The van der Waals surface area contributed by atoms with Crippen LogP contribution in [-0.4, -0.2) is 43.2 Å². The molecule has 0 saturated carbocycles. The minimum atomic E-state index is -3.24. The van der Waals surface area contributed by atoms with Gasteiger partial charge in [-0.1, -0.05) is 39.0 Å². The lowest BCUT2D eigenvalue weighted by atomic mass is 9.82. The number of carbonyl (C=O) groups excluding carboxylic acids is 1. The Morgan fingerprint density at radius 1 is 1.11 bits per heavy atom. The van der Waals surface area contributed by atoms with Crippen molar-refractivity contribution in [2.24, 2.45) is 5.92 Å². The minimum Gasteiger partial charge on any atom is -0.491 e. The molecular weight excluding hydrogens is 488 g/mol. The van der Waals surface area contributed by atoms with Crippen molar-refractivity contribution < 1.29 is 17.9 Å². The molecule has 0 aliphatic carbocycles. The van der Waals surface area contributed by atoms with Crippen LogP contribution in [0.2, 0.25) is 0 Å². The number of fused-ring (bicyclic) bond motifs is 1. The Morgan fingerprint density at radius 3 is 2.43 bits per heavy atom. The number of carbonyl (C=O) groups is 1. The summed E-state index contributed by atoms with van der Waals surface area (Å²) in [5, 5.41) is 2.95. The van der Waals surface area contributed by atoms with Crippen molar-refractivity contribution in [2.75, 3.05) is 23.8 Å². The van der Waals surface area contributed by atoms with E-state index >= 15 is 0 Å². The van der Waals surface area contributed by atoms with Crippen LogP contribution in [0.15, 0.2) is 59.8 Å². The summed E-state index contributed by atoms with van der Waals surface area (Å²) in [5.41, 5.74) is 3.76. The Balaban J connectivity index is 1.49. The van der Waals surface area contributed by atoms with Gasteiger partial charge in [0.15, 0.2) is 15.6 Å². The average Bonchev–Trinajstić information content (AvgIpc) is 2.91. The third kappa shape index (κ3) is 6.10. The molecule has 4 rings (SSSR count). The molecule has 3 aromatic rings. The Bertz CT molecular complexity index is 1340. The van der Waals surface area contributed by atoms with E-state index in [9.17, 15) is 13.2 Å². The Hall–Kier alpha value is -3.46. The molecule has 1 aromatic heterocycles. The average molecular weight is 523 g/mol. The van der Waals surface area contributed by atoms with Crippen LogP contribution in [0.3, 0.4) is 0 Å². The molecule has 0 fully saturated rings. The summed E-state index contributed by atoms with van der Waals surface area (Å²) < 4.78 is 29.5. The van der Waals surface area contributed by atoms with Gasteiger partial charge in [-0.3, -0.25) is 4.79 Å². The van der Waals surface area contributed by atoms with Gasteiger partial charge in [0.1, 0.15) is 0 Å². The van der Waals surface area contributed by atoms with Crippen molar-refractivity contribution in [3.63, 3.8) is 0 Å². The van der Waals surface area contributed by atoms with Crippen molar-refractivity contribution >= 4 is 21.7 Å². The molecule has 1 amide bonds. The van der Waals surface area contributed by atoms with E-state index in [0.29, 0.717) is 47.8 Å². The van der Waals surface area contributed by atoms with E-state index in [-0.39, 0.29) is 17.6 Å². The molecule has 0 spiro atoms. The molecule has 9 heteroatoms. The molecule has 2 aromatic carbocycles. The Morgan fingerprint density at radius 2 is 1.81 bits per heavy atom. The Kier molecular flexibility index (Phi) is 8.12. The molecule has 0 saturated heterocycles. The number of amides is 1. The summed E-state index contributed by atoms with van der Waals surface area (Å²) in [5.74, 6) is 1.86. The SMILES string of the molecule is CCOc1cnc(N2Cc3cc(C(=O)NCc4ccc(S(=O)(=O)CC)cc4)ccc3[C@H](C(C)C)C2)nc1. The van der Waals surface area contributed by atoms with Crippen molar-refractivity contribution in [3.8, 4) is 5.75 Å². The van der Waals surface area contributed by atoms with E-state index in [1.165, 1.54) is 5.56 Å². The van der Waals surface area contributed by atoms with Crippen LogP contribution in [-0.2, 0) is 22.9 Å². The standard InChI is InChI=1S/C28H34N4O4S/c1-5-36-23-15-30-28(31-16-23)32-17-22-13-21(9-12-25(22)26(18-32)19(3)4)27(33)29-14-20-7-10-24(11-8-20)37(34,35)6-2/h7-13,15-16,19,26H,5-6,14,17-18H2,1-4H3,(H,29,33)/t26-/m0/s1. The number of nitrogens with one attached hydrogen (secondary N) is 1. The third-order valence-corrected chi connectivity index (χ3v) is 8.46. The lowest BCUT2D eigenvalue weighted by Crippen LogP contribution is -2.37. The molecule has 8 nitrogen and oxygen atoms in total. The van der Waals surface area contributed by atoms with E-state index in [0.717, 1.165) is 17.7 Å². The monoisotopic (exact) mass is 522 g/mol. The first kappa shape index (κ1) is 26.6. The summed E-state index contributed by atoms with van der Waals surface area (Å²) in [7, 11) is -3.24. The van der Waals surface area contributed by atoms with Gasteiger partial charge in [-0.2, -0.15) is 0 Å². The first-order chi connectivity index (χ1) is 17.7. The molecule has 0 radical (unpaired) electrons. The fraction of sp³-hybridized carbons (Fsp3) is 0.393. The second kappa shape index (κ2) is 11.3. The molecule has 1 aliphatic rings. The highest BCUT2D eigenvalue weighted by atomic mass is 32.2. The number of sulfone groups is 1. The summed E-state index contributed by atoms with van der Waals surface area (Å²) in [4.78, 5) is 24.4. The van der Waals surface area contributed by atoms with Crippen LogP contribution < -0.4 is 15.0 Å². The molecule has 1 aliphatic heterocycles. The van der Waals surface area contributed by atoms with E-state index in [4.69, 9.17) is 4.74 Å². The first-order valence-corrected chi connectivity index (χ1v) is 14.3. The van der Waals surface area contributed by atoms with E-state index in [2.05, 4.69) is 40.1 Å². The van der Waals surface area contributed by atoms with Crippen molar-refractivity contribution in [3.05, 3.63) is 77.1 Å². The second-order valence-electron chi connectivity index (χ2n) is 9.53. The van der Waals surface area contributed by atoms with Crippen LogP contribution in [0.25, 0.3) is 0 Å². The number of anilines is 1. The zero-order chi connectivity index (χ0) is 26.6. The molecular formula is C28H34N4O4S. The molecule has 196 valence electrons. The Labute approximate surface area is 219 Å². The third-order valence-electron chi connectivity index (χ3n) is 6.71. The predicted molar refractivity (Wildman–Crippen MR) is 144 cm³/mol. The van der Waals surface area contributed by atoms with Gasteiger partial charge in [-0.25, -0.2) is 18.4 Å². The van der Waals surface area contributed by atoms with Gasteiger partial charge >= 0.3 is 0 Å².